The highest BCUT2D eigenvalue weighted by atomic mass is 16.3. The van der Waals surface area contributed by atoms with Gasteiger partial charge in [0.15, 0.2) is 0 Å². The second kappa shape index (κ2) is 5.95. The van der Waals surface area contributed by atoms with Crippen molar-refractivity contribution >= 4 is 5.65 Å². The fraction of sp³-hybridized carbons (Fsp3) is 0.500. The summed E-state index contributed by atoms with van der Waals surface area (Å²) >= 11 is 0. The highest BCUT2D eigenvalue weighted by molar-refractivity contribution is 5.40. The molecule has 1 aliphatic rings. The molecule has 1 aliphatic heterocycles. The van der Waals surface area contributed by atoms with Crippen molar-refractivity contribution < 1.29 is 5.11 Å². The minimum Gasteiger partial charge on any atom is -0.396 e. The molecule has 0 aliphatic carbocycles. The van der Waals surface area contributed by atoms with Crippen molar-refractivity contribution in [2.75, 3.05) is 19.7 Å². The number of fused-ring (bicyclic) bond motifs is 1. The molecule has 0 bridgehead atoms. The van der Waals surface area contributed by atoms with Crippen LogP contribution in [0.2, 0.25) is 0 Å². The molecule has 1 atom stereocenters. The Bertz CT molecular complexity index is 695. The number of likely N-dealkylation sites (tertiary alicyclic amines) is 1. The summed E-state index contributed by atoms with van der Waals surface area (Å²) in [7, 11) is 0. The summed E-state index contributed by atoms with van der Waals surface area (Å²) in [5, 5.41) is 9.30. The Morgan fingerprint density at radius 1 is 1.43 bits per heavy atom. The van der Waals surface area contributed by atoms with Crippen LogP contribution < -0.4 is 5.56 Å². The Balaban J connectivity index is 1.86. The Kier molecular flexibility index (Phi) is 4.03. The number of aliphatic hydroxyl groups excluding tert-OH is 1. The van der Waals surface area contributed by atoms with Gasteiger partial charge in [-0.05, 0) is 44.4 Å². The summed E-state index contributed by atoms with van der Waals surface area (Å²) in [4.78, 5) is 19.1. The number of hydrogen-bond acceptors (Lipinski definition) is 4. The van der Waals surface area contributed by atoms with Crippen molar-refractivity contribution in [2.45, 2.75) is 26.3 Å². The molecule has 0 spiro atoms. The number of hydrogen-bond donors (Lipinski definition) is 1. The van der Waals surface area contributed by atoms with E-state index in [0.29, 0.717) is 18.1 Å². The van der Waals surface area contributed by atoms with Gasteiger partial charge in [0.25, 0.3) is 5.56 Å². The van der Waals surface area contributed by atoms with Gasteiger partial charge >= 0.3 is 0 Å². The van der Waals surface area contributed by atoms with E-state index >= 15 is 0 Å². The third kappa shape index (κ3) is 2.99. The van der Waals surface area contributed by atoms with Crippen LogP contribution in [0.1, 0.15) is 24.2 Å². The molecule has 0 saturated carbocycles. The number of rotatable bonds is 3. The van der Waals surface area contributed by atoms with E-state index in [2.05, 4.69) is 9.88 Å². The smallest absolute Gasteiger partial charge is 0.258 e. The fourth-order valence-electron chi connectivity index (χ4n) is 3.12. The zero-order valence-electron chi connectivity index (χ0n) is 12.3. The molecule has 1 saturated heterocycles. The van der Waals surface area contributed by atoms with Crippen LogP contribution >= 0.6 is 0 Å². The average Bonchev–Trinajstić information content (AvgIpc) is 2.47. The molecule has 3 rings (SSSR count). The van der Waals surface area contributed by atoms with Gasteiger partial charge in [0.05, 0.1) is 5.69 Å². The van der Waals surface area contributed by atoms with Gasteiger partial charge < -0.3 is 5.11 Å². The number of aromatic nitrogens is 2. The van der Waals surface area contributed by atoms with E-state index in [1.165, 1.54) is 0 Å². The minimum atomic E-state index is -0.0242. The van der Waals surface area contributed by atoms with E-state index in [1.807, 2.05) is 25.1 Å². The lowest BCUT2D eigenvalue weighted by Crippen LogP contribution is -2.36. The van der Waals surface area contributed by atoms with Crippen molar-refractivity contribution in [2.24, 2.45) is 5.92 Å². The van der Waals surface area contributed by atoms with Gasteiger partial charge in [0.2, 0.25) is 0 Å². The molecule has 5 nitrogen and oxygen atoms in total. The Morgan fingerprint density at radius 3 is 3.10 bits per heavy atom. The van der Waals surface area contributed by atoms with Crippen molar-refractivity contribution in [3.8, 4) is 0 Å². The normalized spacial score (nSPS) is 20.0. The highest BCUT2D eigenvalue weighted by Gasteiger charge is 2.19. The maximum Gasteiger partial charge on any atom is 0.258 e. The van der Waals surface area contributed by atoms with Crippen LogP contribution in [-0.2, 0) is 6.54 Å². The van der Waals surface area contributed by atoms with E-state index < -0.39 is 0 Å². The lowest BCUT2D eigenvalue weighted by Gasteiger charge is -2.31. The first kappa shape index (κ1) is 14.2. The van der Waals surface area contributed by atoms with Crippen LogP contribution in [0.5, 0.6) is 0 Å². The van der Waals surface area contributed by atoms with Crippen LogP contribution in [0, 0.1) is 12.8 Å². The molecule has 0 amide bonds. The fourth-order valence-corrected chi connectivity index (χ4v) is 3.12. The van der Waals surface area contributed by atoms with E-state index in [0.717, 1.165) is 37.3 Å². The molecular weight excluding hydrogens is 266 g/mol. The van der Waals surface area contributed by atoms with Crippen LogP contribution in [0.3, 0.4) is 0 Å². The predicted octanol–water partition coefficient (Wildman–Crippen LogP) is 1.21. The van der Waals surface area contributed by atoms with Gasteiger partial charge in [-0.3, -0.25) is 14.1 Å². The summed E-state index contributed by atoms with van der Waals surface area (Å²) in [5.74, 6) is 0.350. The molecule has 5 heteroatoms. The van der Waals surface area contributed by atoms with Gasteiger partial charge in [-0.1, -0.05) is 6.07 Å². The monoisotopic (exact) mass is 287 g/mol. The lowest BCUT2D eigenvalue weighted by atomic mass is 9.99. The Labute approximate surface area is 123 Å². The summed E-state index contributed by atoms with van der Waals surface area (Å²) in [6.45, 7) is 4.71. The molecular formula is C16H21N3O2. The van der Waals surface area contributed by atoms with E-state index in [4.69, 9.17) is 0 Å². The summed E-state index contributed by atoms with van der Waals surface area (Å²) in [5.41, 5.74) is 2.39. The van der Waals surface area contributed by atoms with Gasteiger partial charge in [-0.15, -0.1) is 0 Å². The number of aliphatic hydroxyl groups is 1. The van der Waals surface area contributed by atoms with Gasteiger partial charge in [0, 0.05) is 31.5 Å². The minimum absolute atomic E-state index is 0.0242. The third-order valence-electron chi connectivity index (χ3n) is 4.18. The van der Waals surface area contributed by atoms with Crippen molar-refractivity contribution in [1.29, 1.82) is 0 Å². The zero-order valence-corrected chi connectivity index (χ0v) is 12.3. The SMILES string of the molecule is Cc1cccc2nc(CN3CCCC(CO)C3)cc(=O)n12. The zero-order chi connectivity index (χ0) is 14.8. The van der Waals surface area contributed by atoms with E-state index in [9.17, 15) is 9.90 Å². The largest absolute Gasteiger partial charge is 0.396 e. The molecule has 21 heavy (non-hydrogen) atoms. The number of nitrogens with zero attached hydrogens (tertiary/aromatic N) is 3. The predicted molar refractivity (Wildman–Crippen MR) is 81.3 cm³/mol. The maximum absolute atomic E-state index is 12.2. The highest BCUT2D eigenvalue weighted by Crippen LogP contribution is 2.17. The maximum atomic E-state index is 12.2. The number of pyridine rings is 1. The lowest BCUT2D eigenvalue weighted by molar-refractivity contribution is 0.115. The number of aryl methyl sites for hydroxylation is 1. The Hall–Kier alpha value is -1.72. The van der Waals surface area contributed by atoms with Gasteiger partial charge in [0.1, 0.15) is 5.65 Å². The molecule has 0 radical (unpaired) electrons. The average molecular weight is 287 g/mol. The third-order valence-corrected chi connectivity index (χ3v) is 4.18. The van der Waals surface area contributed by atoms with Crippen LogP contribution in [0.25, 0.3) is 5.65 Å². The molecule has 1 N–H and O–H groups in total. The van der Waals surface area contributed by atoms with E-state index in [1.54, 1.807) is 10.5 Å². The topological polar surface area (TPSA) is 57.8 Å². The van der Waals surface area contributed by atoms with Crippen molar-refractivity contribution in [1.82, 2.24) is 14.3 Å². The van der Waals surface area contributed by atoms with Gasteiger partial charge in [-0.2, -0.15) is 0 Å². The first-order valence-electron chi connectivity index (χ1n) is 7.49. The second-order valence-electron chi connectivity index (χ2n) is 5.87. The molecule has 1 fully saturated rings. The van der Waals surface area contributed by atoms with E-state index in [-0.39, 0.29) is 12.2 Å². The van der Waals surface area contributed by atoms with Crippen LogP contribution in [-0.4, -0.2) is 39.1 Å². The van der Waals surface area contributed by atoms with Crippen LogP contribution in [0.4, 0.5) is 0 Å². The standard InChI is InChI=1S/C16H21N3O2/c1-12-4-2-6-15-17-14(8-16(21)19(12)15)10-18-7-3-5-13(9-18)11-20/h2,4,6,8,13,20H,3,5,7,9-11H2,1H3. The molecule has 2 aromatic rings. The Morgan fingerprint density at radius 2 is 2.29 bits per heavy atom. The summed E-state index contributed by atoms with van der Waals surface area (Å²) < 4.78 is 1.64. The first-order valence-corrected chi connectivity index (χ1v) is 7.49. The van der Waals surface area contributed by atoms with Crippen molar-refractivity contribution in [3.63, 3.8) is 0 Å². The molecule has 1 unspecified atom stereocenters. The number of piperidine rings is 1. The summed E-state index contributed by atoms with van der Waals surface area (Å²) in [6.07, 6.45) is 2.18. The second-order valence-corrected chi connectivity index (χ2v) is 5.87. The summed E-state index contributed by atoms with van der Waals surface area (Å²) in [6, 6.07) is 7.32. The van der Waals surface area contributed by atoms with Crippen molar-refractivity contribution in [3.05, 3.63) is 46.0 Å². The first-order chi connectivity index (χ1) is 10.2. The van der Waals surface area contributed by atoms with Gasteiger partial charge in [-0.25, -0.2) is 4.98 Å². The molecule has 112 valence electrons. The molecule has 3 heterocycles. The molecule has 0 aromatic carbocycles. The quantitative estimate of drug-likeness (QED) is 0.922. The molecule has 2 aromatic heterocycles. The van der Waals surface area contributed by atoms with Crippen LogP contribution in [0.15, 0.2) is 29.1 Å².